The summed E-state index contributed by atoms with van der Waals surface area (Å²) in [6.07, 6.45) is -6.72. The maximum absolute atomic E-state index is 14.1. The summed E-state index contributed by atoms with van der Waals surface area (Å²) in [7, 11) is 0. The maximum Gasteiger partial charge on any atom is 0.262 e. The first-order valence-corrected chi connectivity index (χ1v) is 14.6. The molecule has 0 saturated carbocycles. The Hall–Kier alpha value is -3.62. The van der Waals surface area contributed by atoms with Gasteiger partial charge in [-0.05, 0) is 31.3 Å². The maximum atomic E-state index is 14.1. The molecule has 3 aromatic heterocycles. The van der Waals surface area contributed by atoms with E-state index in [-0.39, 0.29) is 36.5 Å². The molecule has 0 aliphatic carbocycles. The largest absolute Gasteiger partial charge is 0.394 e. The Bertz CT molecular complexity index is 1920. The van der Waals surface area contributed by atoms with Crippen LogP contribution >= 0.6 is 12.4 Å². The van der Waals surface area contributed by atoms with Crippen LogP contribution in [0, 0.1) is 0 Å². The number of aliphatic hydroxyl groups is 4. The predicted octanol–water partition coefficient (Wildman–Crippen LogP) is 2.23. The number of likely N-dealkylation sites (N-methyl/N-ethyl adjacent to an activating group) is 1. The number of aromatic amines is 2. The van der Waals surface area contributed by atoms with Gasteiger partial charge in [0.1, 0.15) is 36.2 Å². The number of halogens is 1. The molecule has 5 aromatic rings. The Morgan fingerprint density at radius 2 is 1.55 bits per heavy atom. The second-order valence-corrected chi connectivity index (χ2v) is 11.2. The highest BCUT2D eigenvalue weighted by molar-refractivity contribution is 6.38. The quantitative estimate of drug-likeness (QED) is 0.149. The van der Waals surface area contributed by atoms with E-state index in [2.05, 4.69) is 14.9 Å². The third-order valence-corrected chi connectivity index (χ3v) is 9.02. The molecule has 2 amide bonds. The molecule has 44 heavy (non-hydrogen) atoms. The van der Waals surface area contributed by atoms with E-state index in [0.717, 1.165) is 24.0 Å². The van der Waals surface area contributed by atoms with Crippen LogP contribution in [0.1, 0.15) is 46.4 Å². The van der Waals surface area contributed by atoms with E-state index >= 15 is 0 Å². The standard InChI is InChI=1S/C31H33N5O7.ClH/c1-3-35(4-2)11-12-36-30(41)21-19-14-7-5-6-8-16(14)32-23(19)24-20(22(21)31(36)42)15-9-10-17(33-29(15)34-24)28-27(40)26(39)25(38)18(13-37)43-28;/h5-10,18,25-28,32,37-40H,3-4,11-13H2,1-2H3,(H,33,34);1H/t18-,25-,26+,27-,28+;/m1./s1. The van der Waals surface area contributed by atoms with E-state index in [4.69, 9.17) is 9.72 Å². The summed E-state index contributed by atoms with van der Waals surface area (Å²) >= 11 is 0. The molecule has 2 aromatic carbocycles. The van der Waals surface area contributed by atoms with Crippen molar-refractivity contribution in [2.75, 3.05) is 32.8 Å². The number of amides is 2. The second-order valence-electron chi connectivity index (χ2n) is 11.2. The number of H-pyrrole nitrogens is 2. The summed E-state index contributed by atoms with van der Waals surface area (Å²) in [6, 6.07) is 11.0. The molecule has 5 atom stereocenters. The van der Waals surface area contributed by atoms with Crippen LogP contribution in [-0.4, -0.2) is 114 Å². The molecule has 7 rings (SSSR count). The number of para-hydroxylation sites is 1. The monoisotopic (exact) mass is 623 g/mol. The molecule has 5 heterocycles. The van der Waals surface area contributed by atoms with Crippen molar-refractivity contribution in [2.24, 2.45) is 0 Å². The average molecular weight is 624 g/mol. The van der Waals surface area contributed by atoms with Gasteiger partial charge < -0.3 is 40.0 Å². The van der Waals surface area contributed by atoms with E-state index in [0.29, 0.717) is 50.5 Å². The van der Waals surface area contributed by atoms with Crippen molar-refractivity contribution in [1.29, 1.82) is 0 Å². The third kappa shape index (κ3) is 4.32. The molecule has 1 saturated heterocycles. The van der Waals surface area contributed by atoms with Gasteiger partial charge in [-0.3, -0.25) is 14.5 Å². The SMILES string of the molecule is CCN(CC)CCN1C(=O)c2c(c3c4ccc([C@@H]5O[C@H](CO)[C@@H](O)[C@H](O)[C@H]5O)nc4[nH]c3c3[nH]c4ccccc4c23)C1=O.Cl. The van der Waals surface area contributed by atoms with Crippen LogP contribution in [-0.2, 0) is 4.74 Å². The summed E-state index contributed by atoms with van der Waals surface area (Å²) in [4.78, 5) is 43.0. The van der Waals surface area contributed by atoms with Crippen molar-refractivity contribution in [3.63, 3.8) is 0 Å². The Morgan fingerprint density at radius 3 is 2.23 bits per heavy atom. The number of carbonyl (C=O) groups is 2. The highest BCUT2D eigenvalue weighted by Crippen LogP contribution is 2.44. The number of hydrogen-bond donors (Lipinski definition) is 6. The summed E-state index contributed by atoms with van der Waals surface area (Å²) in [5.41, 5.74) is 3.46. The van der Waals surface area contributed by atoms with Crippen molar-refractivity contribution < 1.29 is 34.8 Å². The Morgan fingerprint density at radius 1 is 0.886 bits per heavy atom. The van der Waals surface area contributed by atoms with Crippen molar-refractivity contribution in [3.05, 3.63) is 53.2 Å². The van der Waals surface area contributed by atoms with Crippen molar-refractivity contribution >= 4 is 68.0 Å². The van der Waals surface area contributed by atoms with Crippen LogP contribution < -0.4 is 0 Å². The first-order chi connectivity index (χ1) is 20.8. The average Bonchev–Trinajstić information content (AvgIpc) is 3.66. The lowest BCUT2D eigenvalue weighted by molar-refractivity contribution is -0.232. The smallest absolute Gasteiger partial charge is 0.262 e. The zero-order chi connectivity index (χ0) is 30.2. The lowest BCUT2D eigenvalue weighted by Gasteiger charge is -2.39. The number of fused-ring (bicyclic) bond motifs is 10. The number of aromatic nitrogens is 3. The molecule has 6 N–H and O–H groups in total. The number of nitrogens with zero attached hydrogens (tertiary/aromatic N) is 3. The number of carbonyl (C=O) groups excluding carboxylic acids is 2. The van der Waals surface area contributed by atoms with Crippen LogP contribution in [0.25, 0.3) is 43.7 Å². The zero-order valence-electron chi connectivity index (χ0n) is 24.1. The number of benzene rings is 2. The Labute approximate surface area is 257 Å². The number of nitrogens with one attached hydrogen (secondary N) is 2. The third-order valence-electron chi connectivity index (χ3n) is 9.02. The molecule has 1 fully saturated rings. The van der Waals surface area contributed by atoms with E-state index in [1.165, 1.54) is 4.90 Å². The van der Waals surface area contributed by atoms with E-state index in [1.54, 1.807) is 12.1 Å². The fourth-order valence-corrected chi connectivity index (χ4v) is 6.65. The summed E-state index contributed by atoms with van der Waals surface area (Å²) in [5.74, 6) is -0.688. The molecule has 0 radical (unpaired) electrons. The van der Waals surface area contributed by atoms with E-state index < -0.39 is 37.1 Å². The first kappa shape index (κ1) is 30.4. The normalized spacial score (nSPS) is 23.9. The molecule has 0 unspecified atom stereocenters. The van der Waals surface area contributed by atoms with Crippen LogP contribution in [0.5, 0.6) is 0 Å². The molecule has 232 valence electrons. The zero-order valence-corrected chi connectivity index (χ0v) is 25.0. The van der Waals surface area contributed by atoms with Crippen LogP contribution in [0.3, 0.4) is 0 Å². The van der Waals surface area contributed by atoms with Gasteiger partial charge in [0.2, 0.25) is 0 Å². The molecular formula is C31H34ClN5O7. The summed E-state index contributed by atoms with van der Waals surface area (Å²) in [5, 5.41) is 43.5. The van der Waals surface area contributed by atoms with Gasteiger partial charge in [0, 0.05) is 40.2 Å². The van der Waals surface area contributed by atoms with Crippen molar-refractivity contribution in [3.8, 4) is 0 Å². The number of rotatable bonds is 7. The van der Waals surface area contributed by atoms with Gasteiger partial charge in [0.15, 0.2) is 0 Å². The fraction of sp³-hybridized carbons (Fsp3) is 0.387. The number of hydrogen-bond acceptors (Lipinski definition) is 9. The molecular weight excluding hydrogens is 590 g/mol. The molecule has 0 bridgehead atoms. The highest BCUT2D eigenvalue weighted by Gasteiger charge is 2.45. The lowest BCUT2D eigenvalue weighted by Crippen LogP contribution is -2.55. The van der Waals surface area contributed by atoms with Gasteiger partial charge in [0.05, 0.1) is 34.5 Å². The number of aliphatic hydroxyl groups excluding tert-OH is 4. The van der Waals surface area contributed by atoms with Crippen molar-refractivity contribution in [2.45, 2.75) is 44.4 Å². The summed E-state index contributed by atoms with van der Waals surface area (Å²) < 4.78 is 5.73. The van der Waals surface area contributed by atoms with E-state index in [9.17, 15) is 30.0 Å². The van der Waals surface area contributed by atoms with Crippen LogP contribution in [0.4, 0.5) is 0 Å². The van der Waals surface area contributed by atoms with Gasteiger partial charge in [0.25, 0.3) is 11.8 Å². The van der Waals surface area contributed by atoms with Gasteiger partial charge in [-0.2, -0.15) is 0 Å². The molecule has 13 heteroatoms. The second kappa shape index (κ2) is 11.4. The van der Waals surface area contributed by atoms with Gasteiger partial charge in [-0.25, -0.2) is 4.98 Å². The number of pyridine rings is 1. The molecule has 2 aliphatic heterocycles. The van der Waals surface area contributed by atoms with Crippen LogP contribution in [0.2, 0.25) is 0 Å². The van der Waals surface area contributed by atoms with E-state index in [1.807, 2.05) is 38.1 Å². The Balaban J connectivity index is 0.00000343. The molecule has 12 nitrogen and oxygen atoms in total. The number of imide groups is 1. The fourth-order valence-electron chi connectivity index (χ4n) is 6.65. The minimum atomic E-state index is -1.55. The van der Waals surface area contributed by atoms with Gasteiger partial charge in [-0.15, -0.1) is 12.4 Å². The summed E-state index contributed by atoms with van der Waals surface area (Å²) in [6.45, 7) is 5.98. The Kier molecular flexibility index (Phi) is 7.87. The molecule has 2 aliphatic rings. The minimum absolute atomic E-state index is 0. The highest BCUT2D eigenvalue weighted by atomic mass is 35.5. The minimum Gasteiger partial charge on any atom is -0.394 e. The van der Waals surface area contributed by atoms with Crippen molar-refractivity contribution in [1.82, 2.24) is 24.8 Å². The first-order valence-electron chi connectivity index (χ1n) is 14.6. The topological polar surface area (TPSA) is 175 Å². The lowest BCUT2D eigenvalue weighted by atomic mass is 9.93. The van der Waals surface area contributed by atoms with Gasteiger partial charge >= 0.3 is 0 Å². The van der Waals surface area contributed by atoms with Gasteiger partial charge in [-0.1, -0.05) is 32.0 Å². The molecule has 0 spiro atoms. The van der Waals surface area contributed by atoms with Crippen LogP contribution in [0.15, 0.2) is 36.4 Å². The predicted molar refractivity (Wildman–Crippen MR) is 166 cm³/mol. The number of ether oxygens (including phenoxy) is 1.